The number of methoxy groups -OCH3 is 1. The van der Waals surface area contributed by atoms with Gasteiger partial charge in [0.05, 0.1) is 12.8 Å². The van der Waals surface area contributed by atoms with Crippen LogP contribution < -0.4 is 10.5 Å². The minimum Gasteiger partial charge on any atom is -0.472 e. The van der Waals surface area contributed by atoms with Crippen molar-refractivity contribution in [3.8, 4) is 5.88 Å². The lowest BCUT2D eigenvalue weighted by Crippen LogP contribution is -2.20. The summed E-state index contributed by atoms with van der Waals surface area (Å²) in [6, 6.07) is 1.32. The summed E-state index contributed by atoms with van der Waals surface area (Å²) >= 11 is 0. The Morgan fingerprint density at radius 3 is 2.93 bits per heavy atom. The normalized spacial score (nSPS) is 12.5. The molecule has 1 aromatic rings. The van der Waals surface area contributed by atoms with Crippen molar-refractivity contribution in [2.24, 2.45) is 5.73 Å². The van der Waals surface area contributed by atoms with E-state index in [1.807, 2.05) is 6.92 Å². The predicted molar refractivity (Wildman–Crippen MR) is 54.1 cm³/mol. The molecular formula is C10H15FN2O2. The first-order valence-electron chi connectivity index (χ1n) is 4.67. The summed E-state index contributed by atoms with van der Waals surface area (Å²) in [6.07, 6.45) is 0.965. The summed E-state index contributed by atoms with van der Waals surface area (Å²) < 4.78 is 23.2. The van der Waals surface area contributed by atoms with E-state index < -0.39 is 5.82 Å². The number of nitrogens with zero attached hydrogens (tertiary/aromatic N) is 1. The van der Waals surface area contributed by atoms with Gasteiger partial charge in [0.2, 0.25) is 5.88 Å². The highest BCUT2D eigenvalue weighted by Gasteiger charge is 2.09. The monoisotopic (exact) mass is 214 g/mol. The fourth-order valence-corrected chi connectivity index (χ4v) is 1.18. The molecule has 1 unspecified atom stereocenters. The molecule has 0 amide bonds. The highest BCUT2D eigenvalue weighted by molar-refractivity contribution is 5.26. The Hall–Kier alpha value is -1.20. The Labute approximate surface area is 88.2 Å². The number of hydrogen-bond acceptors (Lipinski definition) is 4. The molecule has 1 heterocycles. The Morgan fingerprint density at radius 2 is 2.33 bits per heavy atom. The van der Waals surface area contributed by atoms with Crippen molar-refractivity contribution in [3.63, 3.8) is 0 Å². The third-order valence-corrected chi connectivity index (χ3v) is 1.83. The number of aromatic nitrogens is 1. The third-order valence-electron chi connectivity index (χ3n) is 1.83. The second-order valence-electron chi connectivity index (χ2n) is 3.21. The fraction of sp³-hybridized carbons (Fsp3) is 0.500. The van der Waals surface area contributed by atoms with Gasteiger partial charge in [-0.2, -0.15) is 0 Å². The number of pyridine rings is 1. The van der Waals surface area contributed by atoms with Gasteiger partial charge in [-0.1, -0.05) is 0 Å². The Balaban J connectivity index is 2.75. The number of halogens is 1. The van der Waals surface area contributed by atoms with Crippen LogP contribution in [-0.2, 0) is 11.3 Å². The van der Waals surface area contributed by atoms with Crippen molar-refractivity contribution in [2.75, 3.05) is 13.7 Å². The van der Waals surface area contributed by atoms with Crippen LogP contribution in [0, 0.1) is 5.82 Å². The third kappa shape index (κ3) is 3.45. The molecule has 0 aliphatic rings. The molecule has 2 N–H and O–H groups in total. The summed E-state index contributed by atoms with van der Waals surface area (Å²) in [5.41, 5.74) is 6.00. The molecule has 1 atom stereocenters. The van der Waals surface area contributed by atoms with Gasteiger partial charge < -0.3 is 15.2 Å². The number of nitrogens with two attached hydrogens (primary N) is 1. The highest BCUT2D eigenvalue weighted by atomic mass is 19.1. The van der Waals surface area contributed by atoms with Gasteiger partial charge in [0.1, 0.15) is 11.9 Å². The molecule has 0 saturated carbocycles. The molecule has 1 aromatic heterocycles. The lowest BCUT2D eigenvalue weighted by Gasteiger charge is -2.14. The summed E-state index contributed by atoms with van der Waals surface area (Å²) in [5, 5.41) is 0. The molecule has 0 aliphatic carbocycles. The molecule has 5 heteroatoms. The van der Waals surface area contributed by atoms with Crippen LogP contribution in [0.15, 0.2) is 12.3 Å². The van der Waals surface area contributed by atoms with Gasteiger partial charge in [0, 0.05) is 19.2 Å². The van der Waals surface area contributed by atoms with Crippen molar-refractivity contribution >= 4 is 0 Å². The highest BCUT2D eigenvalue weighted by Crippen LogP contribution is 2.16. The SMILES string of the molecule is COCC(C)Oc1ncc(F)cc1CN. The minimum atomic E-state index is -0.415. The minimum absolute atomic E-state index is 0.140. The van der Waals surface area contributed by atoms with Crippen molar-refractivity contribution in [1.29, 1.82) is 0 Å². The van der Waals surface area contributed by atoms with Gasteiger partial charge >= 0.3 is 0 Å². The van der Waals surface area contributed by atoms with Crippen LogP contribution >= 0.6 is 0 Å². The van der Waals surface area contributed by atoms with E-state index in [0.29, 0.717) is 18.1 Å². The maximum Gasteiger partial charge on any atom is 0.218 e. The molecule has 0 aromatic carbocycles. The lowest BCUT2D eigenvalue weighted by atomic mass is 10.2. The molecule has 84 valence electrons. The first-order chi connectivity index (χ1) is 7.17. The average molecular weight is 214 g/mol. The standard InChI is InChI=1S/C10H15FN2O2/c1-7(6-14-2)15-10-8(4-12)3-9(11)5-13-10/h3,5,7H,4,6,12H2,1-2H3. The van der Waals surface area contributed by atoms with Crippen LogP contribution in [0.5, 0.6) is 5.88 Å². The molecule has 0 saturated heterocycles. The van der Waals surface area contributed by atoms with Crippen molar-refractivity contribution in [2.45, 2.75) is 19.6 Å². The van der Waals surface area contributed by atoms with E-state index in [0.717, 1.165) is 6.20 Å². The first kappa shape index (κ1) is 11.9. The van der Waals surface area contributed by atoms with E-state index >= 15 is 0 Å². The van der Waals surface area contributed by atoms with E-state index in [4.69, 9.17) is 15.2 Å². The summed E-state index contributed by atoms with van der Waals surface area (Å²) in [7, 11) is 1.59. The van der Waals surface area contributed by atoms with Crippen LogP contribution in [-0.4, -0.2) is 24.8 Å². The molecular weight excluding hydrogens is 199 g/mol. The zero-order chi connectivity index (χ0) is 11.3. The van der Waals surface area contributed by atoms with Crippen LogP contribution in [0.25, 0.3) is 0 Å². The smallest absolute Gasteiger partial charge is 0.218 e. The van der Waals surface area contributed by atoms with Crippen molar-refractivity contribution in [1.82, 2.24) is 4.98 Å². The largest absolute Gasteiger partial charge is 0.472 e. The Kier molecular flexibility index (Phi) is 4.45. The van der Waals surface area contributed by atoms with Gasteiger partial charge in [-0.3, -0.25) is 0 Å². The summed E-state index contributed by atoms with van der Waals surface area (Å²) in [4.78, 5) is 3.84. The maximum absolute atomic E-state index is 12.8. The molecule has 0 bridgehead atoms. The summed E-state index contributed by atoms with van der Waals surface area (Å²) in [6.45, 7) is 2.48. The molecule has 0 spiro atoms. The second kappa shape index (κ2) is 5.63. The molecule has 1 rings (SSSR count). The number of ether oxygens (including phenoxy) is 2. The zero-order valence-electron chi connectivity index (χ0n) is 8.87. The second-order valence-corrected chi connectivity index (χ2v) is 3.21. The molecule has 0 radical (unpaired) electrons. The first-order valence-corrected chi connectivity index (χ1v) is 4.67. The van der Waals surface area contributed by atoms with Crippen LogP contribution in [0.1, 0.15) is 12.5 Å². The number of rotatable bonds is 5. The predicted octanol–water partition coefficient (Wildman–Crippen LogP) is 1.09. The van der Waals surface area contributed by atoms with Crippen LogP contribution in [0.3, 0.4) is 0 Å². The quantitative estimate of drug-likeness (QED) is 0.797. The van der Waals surface area contributed by atoms with E-state index in [1.165, 1.54) is 6.07 Å². The Morgan fingerprint density at radius 1 is 1.60 bits per heavy atom. The van der Waals surface area contributed by atoms with Gasteiger partial charge in [-0.05, 0) is 13.0 Å². The van der Waals surface area contributed by atoms with Crippen molar-refractivity contribution in [3.05, 3.63) is 23.6 Å². The number of hydrogen-bond donors (Lipinski definition) is 1. The zero-order valence-corrected chi connectivity index (χ0v) is 8.87. The molecule has 0 fully saturated rings. The fourth-order valence-electron chi connectivity index (χ4n) is 1.18. The average Bonchev–Trinajstić information content (AvgIpc) is 2.21. The van der Waals surface area contributed by atoms with Gasteiger partial charge in [-0.15, -0.1) is 0 Å². The lowest BCUT2D eigenvalue weighted by molar-refractivity contribution is 0.0881. The maximum atomic E-state index is 12.8. The van der Waals surface area contributed by atoms with Crippen LogP contribution in [0.2, 0.25) is 0 Å². The van der Waals surface area contributed by atoms with E-state index in [1.54, 1.807) is 7.11 Å². The molecule has 0 aliphatic heterocycles. The summed E-state index contributed by atoms with van der Waals surface area (Å²) in [5.74, 6) is -0.0503. The van der Waals surface area contributed by atoms with E-state index in [2.05, 4.69) is 4.98 Å². The van der Waals surface area contributed by atoms with Crippen LogP contribution in [0.4, 0.5) is 4.39 Å². The van der Waals surface area contributed by atoms with E-state index in [9.17, 15) is 4.39 Å². The van der Waals surface area contributed by atoms with Gasteiger partial charge in [0.25, 0.3) is 0 Å². The topological polar surface area (TPSA) is 57.4 Å². The van der Waals surface area contributed by atoms with Gasteiger partial charge in [-0.25, -0.2) is 9.37 Å². The Bertz CT molecular complexity index is 320. The van der Waals surface area contributed by atoms with E-state index in [-0.39, 0.29) is 12.6 Å². The van der Waals surface area contributed by atoms with Crippen molar-refractivity contribution < 1.29 is 13.9 Å². The van der Waals surface area contributed by atoms with Gasteiger partial charge in [0.15, 0.2) is 0 Å². The molecule has 4 nitrogen and oxygen atoms in total. The molecule has 15 heavy (non-hydrogen) atoms.